The fourth-order valence-electron chi connectivity index (χ4n) is 1.46. The molecule has 1 heterocycles. The van der Waals surface area contributed by atoms with E-state index >= 15 is 0 Å². The quantitative estimate of drug-likeness (QED) is 0.558. The molecule has 3 heteroatoms. The molecule has 0 aliphatic rings. The molecule has 0 spiro atoms. The first-order chi connectivity index (χ1) is 6.70. The van der Waals surface area contributed by atoms with Gasteiger partial charge in [-0.25, -0.2) is 0 Å². The molecule has 0 amide bonds. The van der Waals surface area contributed by atoms with Crippen LogP contribution in [0.1, 0.15) is 11.1 Å². The number of nitrogens with zero attached hydrogens (tertiary/aromatic N) is 1. The molecule has 0 fully saturated rings. The Labute approximate surface area is 88.1 Å². The van der Waals surface area contributed by atoms with Gasteiger partial charge in [0.15, 0.2) is 0 Å². The van der Waals surface area contributed by atoms with Crippen molar-refractivity contribution < 1.29 is 4.42 Å². The molecular formula is C11H12ClNO. The third-order valence-corrected chi connectivity index (χ3v) is 2.85. The van der Waals surface area contributed by atoms with Crippen LogP contribution < -0.4 is 0 Å². The molecule has 0 aliphatic heterocycles. The maximum absolute atomic E-state index is 6.23. The largest absolute Gasteiger partial charge is 0.464 e. The second kappa shape index (κ2) is 3.64. The van der Waals surface area contributed by atoms with Crippen LogP contribution in [0, 0.1) is 0 Å². The lowest BCUT2D eigenvalue weighted by molar-refractivity contribution is 0.383. The summed E-state index contributed by atoms with van der Waals surface area (Å²) in [7, 11) is 3.89. The van der Waals surface area contributed by atoms with Gasteiger partial charge in [0.1, 0.15) is 11.1 Å². The first kappa shape index (κ1) is 9.56. The maximum atomic E-state index is 6.23. The fraction of sp³-hybridized carbons (Fsp3) is 0.273. The van der Waals surface area contributed by atoms with Crippen LogP contribution in [-0.4, -0.2) is 19.0 Å². The van der Waals surface area contributed by atoms with Crippen molar-refractivity contribution in [3.05, 3.63) is 36.1 Å². The highest BCUT2D eigenvalue weighted by atomic mass is 35.5. The summed E-state index contributed by atoms with van der Waals surface area (Å²) < 4.78 is 5.41. The molecule has 1 unspecified atom stereocenters. The monoisotopic (exact) mass is 209 g/mol. The standard InChI is InChI=1S/C11H12ClNO/c1-13(2)11(12)9-7-14-10-6-4-3-5-8(9)10/h3-7,11H,1-2H3. The van der Waals surface area contributed by atoms with E-state index in [9.17, 15) is 0 Å². The summed E-state index contributed by atoms with van der Waals surface area (Å²) in [6.45, 7) is 0. The predicted octanol–water partition coefficient (Wildman–Crippen LogP) is 3.23. The maximum Gasteiger partial charge on any atom is 0.134 e. The van der Waals surface area contributed by atoms with Crippen LogP contribution in [0.3, 0.4) is 0 Å². The molecule has 0 saturated heterocycles. The van der Waals surface area contributed by atoms with Crippen molar-refractivity contribution in [1.29, 1.82) is 0 Å². The van der Waals surface area contributed by atoms with Crippen molar-refractivity contribution in [3.63, 3.8) is 0 Å². The van der Waals surface area contributed by atoms with E-state index in [0.29, 0.717) is 0 Å². The van der Waals surface area contributed by atoms with Crippen molar-refractivity contribution in [2.24, 2.45) is 0 Å². The lowest BCUT2D eigenvalue weighted by Crippen LogP contribution is -2.14. The van der Waals surface area contributed by atoms with Crippen LogP contribution in [0.2, 0.25) is 0 Å². The van der Waals surface area contributed by atoms with Crippen LogP contribution in [0.25, 0.3) is 11.0 Å². The number of hydrogen-bond donors (Lipinski definition) is 0. The Hall–Kier alpha value is -0.990. The van der Waals surface area contributed by atoms with Gasteiger partial charge in [0.2, 0.25) is 0 Å². The molecule has 2 aromatic rings. The molecule has 2 rings (SSSR count). The van der Waals surface area contributed by atoms with Crippen LogP contribution in [0.4, 0.5) is 0 Å². The van der Waals surface area contributed by atoms with Gasteiger partial charge >= 0.3 is 0 Å². The number of furan rings is 1. The fourth-order valence-corrected chi connectivity index (χ4v) is 1.63. The van der Waals surface area contributed by atoms with Gasteiger partial charge in [0.25, 0.3) is 0 Å². The molecule has 0 saturated carbocycles. The Morgan fingerprint density at radius 1 is 1.29 bits per heavy atom. The number of hydrogen-bond acceptors (Lipinski definition) is 2. The van der Waals surface area contributed by atoms with E-state index in [4.69, 9.17) is 16.0 Å². The van der Waals surface area contributed by atoms with Gasteiger partial charge in [-0.15, -0.1) is 11.6 Å². The van der Waals surface area contributed by atoms with Gasteiger partial charge in [-0.1, -0.05) is 18.2 Å². The molecule has 2 nitrogen and oxygen atoms in total. The second-order valence-electron chi connectivity index (χ2n) is 3.49. The number of benzene rings is 1. The average molecular weight is 210 g/mol. The molecule has 1 aromatic carbocycles. The number of para-hydroxylation sites is 1. The molecule has 74 valence electrons. The number of halogens is 1. The van der Waals surface area contributed by atoms with Crippen LogP contribution in [0.15, 0.2) is 34.9 Å². The Morgan fingerprint density at radius 2 is 2.00 bits per heavy atom. The lowest BCUT2D eigenvalue weighted by Gasteiger charge is -2.15. The van der Waals surface area contributed by atoms with E-state index in [1.54, 1.807) is 6.26 Å². The minimum atomic E-state index is -0.140. The van der Waals surface area contributed by atoms with Crippen molar-refractivity contribution >= 4 is 22.6 Å². The Kier molecular flexibility index (Phi) is 2.48. The third kappa shape index (κ3) is 1.51. The van der Waals surface area contributed by atoms with Gasteiger partial charge in [0, 0.05) is 10.9 Å². The topological polar surface area (TPSA) is 16.4 Å². The van der Waals surface area contributed by atoms with Crippen molar-refractivity contribution in [3.8, 4) is 0 Å². The minimum absolute atomic E-state index is 0.140. The highest BCUT2D eigenvalue weighted by Crippen LogP contribution is 2.30. The summed E-state index contributed by atoms with van der Waals surface area (Å²) >= 11 is 6.23. The van der Waals surface area contributed by atoms with E-state index in [1.807, 2.05) is 43.3 Å². The molecule has 14 heavy (non-hydrogen) atoms. The molecule has 0 radical (unpaired) electrons. The van der Waals surface area contributed by atoms with Crippen molar-refractivity contribution in [1.82, 2.24) is 4.90 Å². The molecular weight excluding hydrogens is 198 g/mol. The predicted molar refractivity (Wildman–Crippen MR) is 58.5 cm³/mol. The summed E-state index contributed by atoms with van der Waals surface area (Å²) in [6, 6.07) is 7.90. The summed E-state index contributed by atoms with van der Waals surface area (Å²) in [5, 5.41) is 1.08. The van der Waals surface area contributed by atoms with Gasteiger partial charge in [-0.3, -0.25) is 4.90 Å². The normalized spacial score (nSPS) is 13.7. The molecule has 0 N–H and O–H groups in total. The zero-order valence-electron chi connectivity index (χ0n) is 8.20. The molecule has 0 bridgehead atoms. The molecule has 1 aromatic heterocycles. The lowest BCUT2D eigenvalue weighted by atomic mass is 10.2. The first-order valence-electron chi connectivity index (χ1n) is 4.47. The minimum Gasteiger partial charge on any atom is -0.464 e. The first-order valence-corrected chi connectivity index (χ1v) is 4.90. The number of alkyl halides is 1. The zero-order chi connectivity index (χ0) is 10.1. The molecule has 0 aliphatic carbocycles. The van der Waals surface area contributed by atoms with E-state index in [1.165, 1.54) is 0 Å². The van der Waals surface area contributed by atoms with E-state index < -0.39 is 0 Å². The second-order valence-corrected chi connectivity index (χ2v) is 3.90. The van der Waals surface area contributed by atoms with E-state index in [-0.39, 0.29) is 5.50 Å². The summed E-state index contributed by atoms with van der Waals surface area (Å²) in [5.74, 6) is 0. The van der Waals surface area contributed by atoms with Crippen molar-refractivity contribution in [2.45, 2.75) is 5.50 Å². The van der Waals surface area contributed by atoms with Gasteiger partial charge in [-0.05, 0) is 20.2 Å². The summed E-state index contributed by atoms with van der Waals surface area (Å²) in [4.78, 5) is 1.94. The van der Waals surface area contributed by atoms with E-state index in [0.717, 1.165) is 16.5 Å². The highest BCUT2D eigenvalue weighted by Gasteiger charge is 2.15. The Bertz CT molecular complexity index is 436. The number of rotatable bonds is 2. The smallest absolute Gasteiger partial charge is 0.134 e. The Morgan fingerprint density at radius 3 is 2.71 bits per heavy atom. The van der Waals surface area contributed by atoms with Gasteiger partial charge < -0.3 is 4.42 Å². The van der Waals surface area contributed by atoms with Gasteiger partial charge in [-0.2, -0.15) is 0 Å². The SMILES string of the molecule is CN(C)C(Cl)c1coc2ccccc12. The zero-order valence-corrected chi connectivity index (χ0v) is 8.95. The van der Waals surface area contributed by atoms with E-state index in [2.05, 4.69) is 0 Å². The van der Waals surface area contributed by atoms with Gasteiger partial charge in [0.05, 0.1) is 6.26 Å². The third-order valence-electron chi connectivity index (χ3n) is 2.22. The average Bonchev–Trinajstić information content (AvgIpc) is 2.60. The highest BCUT2D eigenvalue weighted by molar-refractivity contribution is 6.21. The number of fused-ring (bicyclic) bond motifs is 1. The van der Waals surface area contributed by atoms with Crippen LogP contribution >= 0.6 is 11.6 Å². The summed E-state index contributed by atoms with van der Waals surface area (Å²) in [5.41, 5.74) is 1.76. The van der Waals surface area contributed by atoms with Crippen LogP contribution in [0.5, 0.6) is 0 Å². The van der Waals surface area contributed by atoms with Crippen molar-refractivity contribution in [2.75, 3.05) is 14.1 Å². The van der Waals surface area contributed by atoms with Crippen LogP contribution in [-0.2, 0) is 0 Å². The Balaban J connectivity index is 2.53. The molecule has 1 atom stereocenters. The summed E-state index contributed by atoms with van der Waals surface area (Å²) in [6.07, 6.45) is 1.72.